The summed E-state index contributed by atoms with van der Waals surface area (Å²) in [6.07, 6.45) is 2.85. The highest BCUT2D eigenvalue weighted by molar-refractivity contribution is 7.89. The minimum absolute atomic E-state index is 0.0890. The lowest BCUT2D eigenvalue weighted by Crippen LogP contribution is -2.23. The minimum atomic E-state index is -3.63. The Balaban J connectivity index is 2.07. The third-order valence-electron chi connectivity index (χ3n) is 2.60. The predicted octanol–water partition coefficient (Wildman–Crippen LogP) is 0.515. The molecule has 0 bridgehead atoms. The monoisotopic (exact) mass is 295 g/mol. The Labute approximate surface area is 115 Å². The summed E-state index contributed by atoms with van der Waals surface area (Å²) >= 11 is 0. The standard InChI is InChI=1S/C12H13N3O4S/c16-12(17)5-9-1-3-11(4-2-9)20(18,19)15-7-10-6-13-8-14-10/h1-4,6,8,15H,5,7H2,(H,13,14)(H,16,17). The van der Waals surface area contributed by atoms with Crippen molar-refractivity contribution in [3.63, 3.8) is 0 Å². The van der Waals surface area contributed by atoms with E-state index in [9.17, 15) is 13.2 Å². The molecule has 0 spiro atoms. The van der Waals surface area contributed by atoms with Crippen LogP contribution >= 0.6 is 0 Å². The van der Waals surface area contributed by atoms with Crippen molar-refractivity contribution < 1.29 is 18.3 Å². The number of sulfonamides is 1. The fraction of sp³-hybridized carbons (Fsp3) is 0.167. The van der Waals surface area contributed by atoms with Gasteiger partial charge >= 0.3 is 5.97 Å². The number of carbonyl (C=O) groups is 1. The van der Waals surface area contributed by atoms with Crippen LogP contribution in [0.3, 0.4) is 0 Å². The molecule has 0 unspecified atom stereocenters. The van der Waals surface area contributed by atoms with Gasteiger partial charge in [-0.15, -0.1) is 0 Å². The van der Waals surface area contributed by atoms with Gasteiger partial charge in [0.15, 0.2) is 0 Å². The van der Waals surface area contributed by atoms with Crippen LogP contribution in [0.25, 0.3) is 0 Å². The van der Waals surface area contributed by atoms with Gasteiger partial charge in [-0.2, -0.15) is 0 Å². The van der Waals surface area contributed by atoms with Crippen molar-refractivity contribution >= 4 is 16.0 Å². The van der Waals surface area contributed by atoms with Gasteiger partial charge in [-0.1, -0.05) is 12.1 Å². The topological polar surface area (TPSA) is 112 Å². The Bertz CT molecular complexity index is 678. The van der Waals surface area contributed by atoms with Gasteiger partial charge in [-0.3, -0.25) is 4.79 Å². The Kier molecular flexibility index (Phi) is 4.16. The zero-order valence-corrected chi connectivity index (χ0v) is 11.2. The maximum absolute atomic E-state index is 12.0. The van der Waals surface area contributed by atoms with Crippen molar-refractivity contribution in [3.8, 4) is 0 Å². The lowest BCUT2D eigenvalue weighted by atomic mass is 10.2. The van der Waals surface area contributed by atoms with Crippen LogP contribution in [0.4, 0.5) is 0 Å². The van der Waals surface area contributed by atoms with E-state index in [1.54, 1.807) is 0 Å². The molecule has 0 aliphatic heterocycles. The Morgan fingerprint density at radius 2 is 2.00 bits per heavy atom. The van der Waals surface area contributed by atoms with Crippen LogP contribution in [0.15, 0.2) is 41.7 Å². The Morgan fingerprint density at radius 1 is 1.30 bits per heavy atom. The summed E-state index contributed by atoms with van der Waals surface area (Å²) in [6, 6.07) is 5.74. The summed E-state index contributed by atoms with van der Waals surface area (Å²) in [6.45, 7) is 0.110. The summed E-state index contributed by atoms with van der Waals surface area (Å²) in [7, 11) is -3.63. The van der Waals surface area contributed by atoms with E-state index in [1.165, 1.54) is 36.8 Å². The van der Waals surface area contributed by atoms with Gasteiger partial charge in [-0.05, 0) is 17.7 Å². The molecule has 0 fully saturated rings. The maximum atomic E-state index is 12.0. The first-order chi connectivity index (χ1) is 9.47. The number of benzene rings is 1. The molecule has 20 heavy (non-hydrogen) atoms. The first kappa shape index (κ1) is 14.2. The van der Waals surface area contributed by atoms with E-state index in [-0.39, 0.29) is 17.9 Å². The molecule has 3 N–H and O–H groups in total. The number of aromatic amines is 1. The number of nitrogens with one attached hydrogen (secondary N) is 2. The maximum Gasteiger partial charge on any atom is 0.307 e. The fourth-order valence-electron chi connectivity index (χ4n) is 1.60. The number of hydrogen-bond donors (Lipinski definition) is 3. The molecule has 0 aliphatic carbocycles. The summed E-state index contributed by atoms with van der Waals surface area (Å²) in [4.78, 5) is 17.2. The molecule has 0 aliphatic rings. The second-order valence-corrected chi connectivity index (χ2v) is 5.88. The van der Waals surface area contributed by atoms with Gasteiger partial charge in [0, 0.05) is 11.9 Å². The lowest BCUT2D eigenvalue weighted by molar-refractivity contribution is -0.136. The molecule has 8 heteroatoms. The summed E-state index contributed by atoms with van der Waals surface area (Å²) < 4.78 is 26.4. The van der Waals surface area contributed by atoms with Crippen molar-refractivity contribution in [2.24, 2.45) is 0 Å². The smallest absolute Gasteiger partial charge is 0.307 e. The van der Waals surface area contributed by atoms with Gasteiger partial charge < -0.3 is 10.1 Å². The average Bonchev–Trinajstić information content (AvgIpc) is 2.89. The largest absolute Gasteiger partial charge is 0.481 e. The second-order valence-electron chi connectivity index (χ2n) is 4.12. The number of carboxylic acid groups (broad SMARTS) is 1. The molecule has 7 nitrogen and oxygen atoms in total. The van der Waals surface area contributed by atoms with E-state index in [0.717, 1.165) is 0 Å². The molecule has 1 aromatic heterocycles. The van der Waals surface area contributed by atoms with Crippen molar-refractivity contribution in [1.29, 1.82) is 0 Å². The van der Waals surface area contributed by atoms with E-state index in [1.807, 2.05) is 0 Å². The molecule has 1 heterocycles. The number of carboxylic acids is 1. The van der Waals surface area contributed by atoms with Crippen LogP contribution in [0, 0.1) is 0 Å². The number of nitrogens with zero attached hydrogens (tertiary/aromatic N) is 1. The molecule has 0 atom stereocenters. The van der Waals surface area contributed by atoms with Crippen molar-refractivity contribution in [1.82, 2.24) is 14.7 Å². The van der Waals surface area contributed by atoms with E-state index < -0.39 is 16.0 Å². The van der Waals surface area contributed by atoms with Crippen molar-refractivity contribution in [2.75, 3.05) is 0 Å². The Morgan fingerprint density at radius 3 is 2.55 bits per heavy atom. The fourth-order valence-corrected chi connectivity index (χ4v) is 2.61. The number of aromatic nitrogens is 2. The van der Waals surface area contributed by atoms with Crippen LogP contribution in [0.1, 0.15) is 11.3 Å². The van der Waals surface area contributed by atoms with Gasteiger partial charge in [0.2, 0.25) is 10.0 Å². The van der Waals surface area contributed by atoms with Crippen LogP contribution in [-0.2, 0) is 27.8 Å². The van der Waals surface area contributed by atoms with Gasteiger partial charge in [0.25, 0.3) is 0 Å². The number of aliphatic carboxylic acids is 1. The molecule has 2 aromatic rings. The molecular weight excluding hydrogens is 282 g/mol. The van der Waals surface area contributed by atoms with Crippen molar-refractivity contribution in [3.05, 3.63) is 48.0 Å². The number of rotatable bonds is 6. The highest BCUT2D eigenvalue weighted by Crippen LogP contribution is 2.11. The Hall–Kier alpha value is -2.19. The summed E-state index contributed by atoms with van der Waals surface area (Å²) in [5.41, 5.74) is 1.20. The molecule has 1 aromatic carbocycles. The number of hydrogen-bond acceptors (Lipinski definition) is 4. The quantitative estimate of drug-likeness (QED) is 0.719. The molecule has 2 rings (SSSR count). The first-order valence-electron chi connectivity index (χ1n) is 5.75. The van der Waals surface area contributed by atoms with Crippen LogP contribution in [-0.4, -0.2) is 29.5 Å². The molecule has 106 valence electrons. The summed E-state index contributed by atoms with van der Waals surface area (Å²) in [5, 5.41) is 8.65. The van der Waals surface area contributed by atoms with E-state index >= 15 is 0 Å². The van der Waals surface area contributed by atoms with Crippen LogP contribution < -0.4 is 4.72 Å². The highest BCUT2D eigenvalue weighted by Gasteiger charge is 2.14. The van der Waals surface area contributed by atoms with Crippen LogP contribution in [0.5, 0.6) is 0 Å². The molecular formula is C12H13N3O4S. The van der Waals surface area contributed by atoms with Gasteiger partial charge in [0.1, 0.15) is 0 Å². The molecule has 0 radical (unpaired) electrons. The minimum Gasteiger partial charge on any atom is -0.481 e. The first-order valence-corrected chi connectivity index (χ1v) is 7.23. The lowest BCUT2D eigenvalue weighted by Gasteiger charge is -2.06. The van der Waals surface area contributed by atoms with E-state index in [4.69, 9.17) is 5.11 Å². The molecule has 0 amide bonds. The van der Waals surface area contributed by atoms with Gasteiger partial charge in [0.05, 0.1) is 24.2 Å². The third-order valence-corrected chi connectivity index (χ3v) is 4.01. The number of imidazole rings is 1. The predicted molar refractivity (Wildman–Crippen MR) is 70.4 cm³/mol. The zero-order valence-electron chi connectivity index (χ0n) is 10.4. The zero-order chi connectivity index (χ0) is 14.6. The van der Waals surface area contributed by atoms with Crippen molar-refractivity contribution in [2.45, 2.75) is 17.9 Å². The SMILES string of the molecule is O=C(O)Cc1ccc(S(=O)(=O)NCc2cnc[nH]2)cc1. The highest BCUT2D eigenvalue weighted by atomic mass is 32.2. The molecule has 0 saturated heterocycles. The van der Waals surface area contributed by atoms with Gasteiger partial charge in [-0.25, -0.2) is 18.1 Å². The molecule has 0 saturated carbocycles. The average molecular weight is 295 g/mol. The normalized spacial score (nSPS) is 11.4. The van der Waals surface area contributed by atoms with E-state index in [0.29, 0.717) is 11.3 Å². The van der Waals surface area contributed by atoms with E-state index in [2.05, 4.69) is 14.7 Å². The number of H-pyrrole nitrogens is 1. The third kappa shape index (κ3) is 3.65. The summed E-state index contributed by atoms with van der Waals surface area (Å²) in [5.74, 6) is -0.960. The van der Waals surface area contributed by atoms with Crippen LogP contribution in [0.2, 0.25) is 0 Å². The second kappa shape index (κ2) is 5.85.